The second-order valence-corrected chi connectivity index (χ2v) is 3.43. The van der Waals surface area contributed by atoms with Gasteiger partial charge in [0.25, 0.3) is 0 Å². The number of rotatable bonds is 3. The molecular formula is C9H11BrFNO. The van der Waals surface area contributed by atoms with Gasteiger partial charge in [0.05, 0.1) is 4.47 Å². The lowest BCUT2D eigenvalue weighted by atomic mass is 10.2. The standard InChI is InChI=1S/C9H11BrFNO/c1-2-12-5-6-8(13)4-3-7(11)9(6)10/h3-4,12-13H,2,5H2,1H3. The third kappa shape index (κ3) is 2.42. The zero-order chi connectivity index (χ0) is 9.84. The van der Waals surface area contributed by atoms with Crippen LogP contribution in [-0.4, -0.2) is 11.7 Å². The first kappa shape index (κ1) is 10.5. The smallest absolute Gasteiger partial charge is 0.137 e. The molecule has 0 saturated heterocycles. The molecule has 0 saturated carbocycles. The molecule has 1 rings (SSSR count). The molecule has 1 aromatic carbocycles. The van der Waals surface area contributed by atoms with Gasteiger partial charge in [-0.2, -0.15) is 0 Å². The molecule has 72 valence electrons. The maximum Gasteiger partial charge on any atom is 0.137 e. The third-order valence-electron chi connectivity index (χ3n) is 1.72. The molecule has 0 aliphatic carbocycles. The minimum absolute atomic E-state index is 0.106. The molecule has 0 amide bonds. The van der Waals surface area contributed by atoms with E-state index in [1.807, 2.05) is 6.92 Å². The van der Waals surface area contributed by atoms with E-state index in [1.165, 1.54) is 12.1 Å². The number of benzene rings is 1. The van der Waals surface area contributed by atoms with Crippen LogP contribution in [0.25, 0.3) is 0 Å². The zero-order valence-corrected chi connectivity index (χ0v) is 8.86. The zero-order valence-electron chi connectivity index (χ0n) is 7.27. The van der Waals surface area contributed by atoms with Crippen LogP contribution in [0.2, 0.25) is 0 Å². The molecule has 0 spiro atoms. The van der Waals surface area contributed by atoms with Crippen molar-refractivity contribution in [2.75, 3.05) is 6.54 Å². The van der Waals surface area contributed by atoms with Crippen molar-refractivity contribution < 1.29 is 9.50 Å². The Hall–Kier alpha value is -0.610. The molecule has 0 bridgehead atoms. The lowest BCUT2D eigenvalue weighted by molar-refractivity contribution is 0.461. The van der Waals surface area contributed by atoms with Crippen LogP contribution < -0.4 is 5.32 Å². The van der Waals surface area contributed by atoms with Gasteiger partial charge in [0, 0.05) is 12.1 Å². The fraction of sp³-hybridized carbons (Fsp3) is 0.333. The first-order valence-corrected chi connectivity index (χ1v) is 4.82. The van der Waals surface area contributed by atoms with Crippen molar-refractivity contribution in [3.63, 3.8) is 0 Å². The number of phenols is 1. The van der Waals surface area contributed by atoms with Crippen molar-refractivity contribution in [2.24, 2.45) is 0 Å². The highest BCUT2D eigenvalue weighted by Crippen LogP contribution is 2.28. The number of halogens is 2. The molecular weight excluding hydrogens is 237 g/mol. The monoisotopic (exact) mass is 247 g/mol. The highest BCUT2D eigenvalue weighted by Gasteiger charge is 2.09. The number of hydrogen-bond donors (Lipinski definition) is 2. The highest BCUT2D eigenvalue weighted by molar-refractivity contribution is 9.10. The van der Waals surface area contributed by atoms with Gasteiger partial charge in [-0.3, -0.25) is 0 Å². The summed E-state index contributed by atoms with van der Waals surface area (Å²) in [5, 5.41) is 12.4. The first-order chi connectivity index (χ1) is 6.16. The van der Waals surface area contributed by atoms with Crippen LogP contribution in [0.5, 0.6) is 5.75 Å². The van der Waals surface area contributed by atoms with Gasteiger partial charge >= 0.3 is 0 Å². The first-order valence-electron chi connectivity index (χ1n) is 4.03. The highest BCUT2D eigenvalue weighted by atomic mass is 79.9. The maximum absolute atomic E-state index is 13.0. The largest absolute Gasteiger partial charge is 0.508 e. The van der Waals surface area contributed by atoms with Crippen LogP contribution in [0.1, 0.15) is 12.5 Å². The van der Waals surface area contributed by atoms with E-state index in [0.29, 0.717) is 16.6 Å². The minimum Gasteiger partial charge on any atom is -0.508 e. The summed E-state index contributed by atoms with van der Waals surface area (Å²) >= 11 is 3.09. The summed E-state index contributed by atoms with van der Waals surface area (Å²) in [6.45, 7) is 3.19. The Bertz CT molecular complexity index is 304. The number of hydrogen-bond acceptors (Lipinski definition) is 2. The summed E-state index contributed by atoms with van der Waals surface area (Å²) in [7, 11) is 0. The predicted octanol–water partition coefficient (Wildman–Crippen LogP) is 2.40. The van der Waals surface area contributed by atoms with Crippen molar-refractivity contribution in [3.05, 3.63) is 28.0 Å². The second kappa shape index (κ2) is 4.58. The van der Waals surface area contributed by atoms with Gasteiger partial charge in [-0.25, -0.2) is 4.39 Å². The van der Waals surface area contributed by atoms with Crippen molar-refractivity contribution >= 4 is 15.9 Å². The molecule has 13 heavy (non-hydrogen) atoms. The van der Waals surface area contributed by atoms with E-state index in [1.54, 1.807) is 0 Å². The van der Waals surface area contributed by atoms with Gasteiger partial charge < -0.3 is 10.4 Å². The molecule has 4 heteroatoms. The molecule has 2 N–H and O–H groups in total. The topological polar surface area (TPSA) is 32.3 Å². The van der Waals surface area contributed by atoms with E-state index >= 15 is 0 Å². The van der Waals surface area contributed by atoms with Crippen LogP contribution in [-0.2, 0) is 6.54 Å². The second-order valence-electron chi connectivity index (χ2n) is 2.64. The summed E-state index contributed by atoms with van der Waals surface area (Å²) in [4.78, 5) is 0. The number of phenolic OH excluding ortho intramolecular Hbond substituents is 1. The van der Waals surface area contributed by atoms with Gasteiger partial charge in [-0.05, 0) is 34.6 Å². The van der Waals surface area contributed by atoms with E-state index in [9.17, 15) is 9.50 Å². The Morgan fingerprint density at radius 1 is 1.54 bits per heavy atom. The molecule has 0 aliphatic heterocycles. The average Bonchev–Trinajstić information content (AvgIpc) is 2.12. The van der Waals surface area contributed by atoms with E-state index in [0.717, 1.165) is 6.54 Å². The molecule has 0 fully saturated rings. The summed E-state index contributed by atoms with van der Waals surface area (Å²) < 4.78 is 13.3. The molecule has 1 aromatic rings. The van der Waals surface area contributed by atoms with Crippen LogP contribution in [0.4, 0.5) is 4.39 Å². The quantitative estimate of drug-likeness (QED) is 0.860. The number of nitrogens with one attached hydrogen (secondary N) is 1. The normalized spacial score (nSPS) is 10.4. The molecule has 0 aliphatic rings. The van der Waals surface area contributed by atoms with Crippen LogP contribution in [0, 0.1) is 5.82 Å². The Labute approximate surface area is 84.9 Å². The van der Waals surface area contributed by atoms with Gasteiger partial charge in [0.15, 0.2) is 0 Å². The van der Waals surface area contributed by atoms with Crippen molar-refractivity contribution in [3.8, 4) is 5.75 Å². The van der Waals surface area contributed by atoms with E-state index < -0.39 is 0 Å². The lowest BCUT2D eigenvalue weighted by Gasteiger charge is -2.07. The molecule has 0 aromatic heterocycles. The predicted molar refractivity (Wildman–Crippen MR) is 53.1 cm³/mol. The fourth-order valence-electron chi connectivity index (χ4n) is 1.00. The summed E-state index contributed by atoms with van der Waals surface area (Å²) in [6, 6.07) is 2.58. The van der Waals surface area contributed by atoms with Gasteiger partial charge in [-0.1, -0.05) is 6.92 Å². The fourth-order valence-corrected chi connectivity index (χ4v) is 1.48. The van der Waals surface area contributed by atoms with Crippen molar-refractivity contribution in [1.82, 2.24) is 5.32 Å². The summed E-state index contributed by atoms with van der Waals surface area (Å²) in [5.74, 6) is -0.250. The molecule has 0 atom stereocenters. The average molecular weight is 248 g/mol. The third-order valence-corrected chi connectivity index (χ3v) is 2.58. The Kier molecular flexibility index (Phi) is 3.69. The Morgan fingerprint density at radius 3 is 2.85 bits per heavy atom. The SMILES string of the molecule is CCNCc1c(O)ccc(F)c1Br. The van der Waals surface area contributed by atoms with Crippen LogP contribution >= 0.6 is 15.9 Å². The van der Waals surface area contributed by atoms with Crippen LogP contribution in [0.3, 0.4) is 0 Å². The van der Waals surface area contributed by atoms with Gasteiger partial charge in [0.1, 0.15) is 11.6 Å². The lowest BCUT2D eigenvalue weighted by Crippen LogP contribution is -2.12. The molecule has 0 radical (unpaired) electrons. The minimum atomic E-state index is -0.356. The summed E-state index contributed by atoms with van der Waals surface area (Å²) in [6.07, 6.45) is 0. The number of aromatic hydroxyl groups is 1. The van der Waals surface area contributed by atoms with Gasteiger partial charge in [0.2, 0.25) is 0 Å². The van der Waals surface area contributed by atoms with E-state index in [-0.39, 0.29) is 11.6 Å². The Morgan fingerprint density at radius 2 is 2.23 bits per heavy atom. The van der Waals surface area contributed by atoms with Crippen molar-refractivity contribution in [1.29, 1.82) is 0 Å². The van der Waals surface area contributed by atoms with E-state index in [4.69, 9.17) is 0 Å². The van der Waals surface area contributed by atoms with Crippen molar-refractivity contribution in [2.45, 2.75) is 13.5 Å². The van der Waals surface area contributed by atoms with E-state index in [2.05, 4.69) is 21.2 Å². The molecule has 2 nitrogen and oxygen atoms in total. The summed E-state index contributed by atoms with van der Waals surface area (Å²) in [5.41, 5.74) is 0.557. The van der Waals surface area contributed by atoms with Gasteiger partial charge in [-0.15, -0.1) is 0 Å². The maximum atomic E-state index is 13.0. The molecule has 0 unspecified atom stereocenters. The Balaban J connectivity index is 2.96. The molecule has 0 heterocycles. The van der Waals surface area contributed by atoms with Crippen LogP contribution in [0.15, 0.2) is 16.6 Å².